The molecule has 0 aromatic rings. The monoisotopic (exact) mass is 312 g/mol. The van der Waals surface area contributed by atoms with Gasteiger partial charge in [0.2, 0.25) is 0 Å². The van der Waals surface area contributed by atoms with Crippen molar-refractivity contribution in [1.82, 2.24) is 0 Å². The van der Waals surface area contributed by atoms with Gasteiger partial charge >= 0.3 is 5.97 Å². The number of aliphatic carboxylic acids is 1. The van der Waals surface area contributed by atoms with Crippen LogP contribution in [0, 0.1) is 16.7 Å². The SMILES string of the molecule is CC(=C/C=C/C(C)=C/C(=O)O)/C=C/C1=C[C@@H]2CC[C@@]1(C)C2(C)C. The second-order valence-corrected chi connectivity index (χ2v) is 7.65. The highest BCUT2D eigenvalue weighted by Gasteiger charge is 2.56. The van der Waals surface area contributed by atoms with Gasteiger partial charge in [0.05, 0.1) is 0 Å². The molecule has 2 bridgehead atoms. The van der Waals surface area contributed by atoms with Crippen molar-refractivity contribution in [2.24, 2.45) is 16.7 Å². The van der Waals surface area contributed by atoms with Crippen molar-refractivity contribution in [2.45, 2.75) is 47.5 Å². The fraction of sp³-hybridized carbons (Fsp3) is 0.476. The van der Waals surface area contributed by atoms with Crippen LogP contribution in [0.5, 0.6) is 0 Å². The van der Waals surface area contributed by atoms with E-state index in [4.69, 9.17) is 5.11 Å². The molecule has 1 N–H and O–H groups in total. The topological polar surface area (TPSA) is 37.3 Å². The maximum absolute atomic E-state index is 10.6. The highest BCUT2D eigenvalue weighted by Crippen LogP contribution is 2.65. The number of carboxylic acid groups (broad SMARTS) is 1. The largest absolute Gasteiger partial charge is 0.478 e. The van der Waals surface area contributed by atoms with Crippen LogP contribution in [0.15, 0.2) is 59.3 Å². The van der Waals surface area contributed by atoms with Crippen LogP contribution >= 0.6 is 0 Å². The Kier molecular flexibility index (Phi) is 4.84. The van der Waals surface area contributed by atoms with E-state index < -0.39 is 5.97 Å². The number of fused-ring (bicyclic) bond motifs is 2. The van der Waals surface area contributed by atoms with E-state index in [-0.39, 0.29) is 0 Å². The number of allylic oxidation sites excluding steroid dienone is 9. The van der Waals surface area contributed by atoms with Crippen LogP contribution in [0.1, 0.15) is 47.5 Å². The van der Waals surface area contributed by atoms with Gasteiger partial charge in [0.1, 0.15) is 0 Å². The summed E-state index contributed by atoms with van der Waals surface area (Å²) in [6.07, 6.45) is 16.4. The van der Waals surface area contributed by atoms with Gasteiger partial charge in [0, 0.05) is 6.08 Å². The molecule has 0 unspecified atom stereocenters. The van der Waals surface area contributed by atoms with Gasteiger partial charge in [-0.15, -0.1) is 0 Å². The van der Waals surface area contributed by atoms with Crippen molar-refractivity contribution >= 4 is 5.97 Å². The molecular formula is C21H28O2. The first-order valence-corrected chi connectivity index (χ1v) is 8.33. The summed E-state index contributed by atoms with van der Waals surface area (Å²) < 4.78 is 0. The summed E-state index contributed by atoms with van der Waals surface area (Å²) in [5, 5.41) is 8.67. The average Bonchev–Trinajstić information content (AvgIpc) is 2.77. The normalized spacial score (nSPS) is 30.5. The smallest absolute Gasteiger partial charge is 0.328 e. The summed E-state index contributed by atoms with van der Waals surface area (Å²) in [6, 6.07) is 0. The minimum atomic E-state index is -0.910. The van der Waals surface area contributed by atoms with Crippen LogP contribution in [0.25, 0.3) is 0 Å². The van der Waals surface area contributed by atoms with Gasteiger partial charge in [-0.25, -0.2) is 4.79 Å². The van der Waals surface area contributed by atoms with Crippen LogP contribution < -0.4 is 0 Å². The Balaban J connectivity index is 2.04. The van der Waals surface area contributed by atoms with Gasteiger partial charge in [-0.05, 0) is 54.6 Å². The molecule has 0 aromatic carbocycles. The Morgan fingerprint density at radius 3 is 2.43 bits per heavy atom. The fourth-order valence-electron chi connectivity index (χ4n) is 3.86. The van der Waals surface area contributed by atoms with Gasteiger partial charge in [-0.2, -0.15) is 0 Å². The van der Waals surface area contributed by atoms with Gasteiger partial charge < -0.3 is 5.11 Å². The zero-order valence-corrected chi connectivity index (χ0v) is 14.9. The maximum Gasteiger partial charge on any atom is 0.328 e. The molecule has 0 radical (unpaired) electrons. The lowest BCUT2D eigenvalue weighted by Gasteiger charge is -2.36. The molecule has 2 rings (SSSR count). The Morgan fingerprint density at radius 1 is 1.22 bits per heavy atom. The summed E-state index contributed by atoms with van der Waals surface area (Å²) >= 11 is 0. The van der Waals surface area contributed by atoms with Crippen LogP contribution in [0.3, 0.4) is 0 Å². The predicted molar refractivity (Wildman–Crippen MR) is 96.1 cm³/mol. The first-order valence-electron chi connectivity index (χ1n) is 8.33. The molecule has 1 saturated carbocycles. The molecule has 2 nitrogen and oxygen atoms in total. The van der Waals surface area contributed by atoms with Crippen molar-refractivity contribution in [1.29, 1.82) is 0 Å². The molecule has 2 aliphatic carbocycles. The first kappa shape index (κ1) is 17.5. The number of carbonyl (C=O) groups is 1. The van der Waals surface area contributed by atoms with Gasteiger partial charge in [-0.1, -0.05) is 62.8 Å². The summed E-state index contributed by atoms with van der Waals surface area (Å²) in [4.78, 5) is 10.6. The molecule has 2 heteroatoms. The molecule has 124 valence electrons. The number of hydrogen-bond acceptors (Lipinski definition) is 1. The minimum absolute atomic E-state index is 0.297. The second kappa shape index (κ2) is 6.35. The molecular weight excluding hydrogens is 284 g/mol. The van der Waals surface area contributed by atoms with E-state index in [2.05, 4.69) is 45.9 Å². The van der Waals surface area contributed by atoms with E-state index in [1.54, 1.807) is 6.92 Å². The van der Waals surface area contributed by atoms with Crippen molar-refractivity contribution < 1.29 is 9.90 Å². The van der Waals surface area contributed by atoms with Crippen LogP contribution in [-0.2, 0) is 4.79 Å². The molecule has 0 saturated heterocycles. The minimum Gasteiger partial charge on any atom is -0.478 e. The molecule has 0 amide bonds. The third-order valence-corrected chi connectivity index (χ3v) is 5.92. The van der Waals surface area contributed by atoms with Crippen LogP contribution in [0.2, 0.25) is 0 Å². The Labute approximate surface area is 140 Å². The zero-order chi connectivity index (χ0) is 17.3. The summed E-state index contributed by atoms with van der Waals surface area (Å²) in [7, 11) is 0. The Morgan fingerprint density at radius 2 is 1.91 bits per heavy atom. The Bertz CT molecular complexity index is 641. The summed E-state index contributed by atoms with van der Waals surface area (Å²) in [5.74, 6) is -0.202. The van der Waals surface area contributed by atoms with E-state index in [0.29, 0.717) is 16.7 Å². The average molecular weight is 312 g/mol. The van der Waals surface area contributed by atoms with Crippen molar-refractivity contribution in [3.8, 4) is 0 Å². The molecule has 2 atom stereocenters. The summed E-state index contributed by atoms with van der Waals surface area (Å²) in [5.41, 5.74) is 4.02. The molecule has 0 heterocycles. The summed E-state index contributed by atoms with van der Waals surface area (Å²) in [6.45, 7) is 11.0. The van der Waals surface area contributed by atoms with E-state index >= 15 is 0 Å². The third-order valence-electron chi connectivity index (χ3n) is 5.92. The lowest BCUT2D eigenvalue weighted by molar-refractivity contribution is -0.131. The predicted octanol–water partition coefficient (Wildman–Crippen LogP) is 5.46. The van der Waals surface area contributed by atoms with Crippen molar-refractivity contribution in [3.05, 3.63) is 59.3 Å². The molecule has 0 spiro atoms. The zero-order valence-electron chi connectivity index (χ0n) is 14.9. The first-order chi connectivity index (χ1) is 10.7. The van der Waals surface area contributed by atoms with Crippen molar-refractivity contribution in [2.75, 3.05) is 0 Å². The lowest BCUT2D eigenvalue weighted by Crippen LogP contribution is -2.29. The van der Waals surface area contributed by atoms with Gasteiger partial charge in [-0.3, -0.25) is 0 Å². The van der Waals surface area contributed by atoms with E-state index in [0.717, 1.165) is 11.1 Å². The van der Waals surface area contributed by atoms with E-state index in [1.165, 1.54) is 24.5 Å². The fourth-order valence-corrected chi connectivity index (χ4v) is 3.86. The van der Waals surface area contributed by atoms with Crippen LogP contribution in [-0.4, -0.2) is 11.1 Å². The molecule has 0 aliphatic heterocycles. The third kappa shape index (κ3) is 3.41. The number of rotatable bonds is 5. The Hall–Kier alpha value is -1.83. The van der Waals surface area contributed by atoms with Crippen molar-refractivity contribution in [3.63, 3.8) is 0 Å². The van der Waals surface area contributed by atoms with E-state index in [1.807, 2.05) is 18.2 Å². The quantitative estimate of drug-likeness (QED) is 0.541. The number of hydrogen-bond donors (Lipinski definition) is 1. The van der Waals surface area contributed by atoms with Gasteiger partial charge in [0.25, 0.3) is 0 Å². The number of carboxylic acids is 1. The van der Waals surface area contributed by atoms with Crippen LogP contribution in [0.4, 0.5) is 0 Å². The second-order valence-electron chi connectivity index (χ2n) is 7.65. The molecule has 2 aliphatic rings. The highest BCUT2D eigenvalue weighted by molar-refractivity contribution is 5.81. The maximum atomic E-state index is 10.6. The van der Waals surface area contributed by atoms with E-state index in [9.17, 15) is 4.79 Å². The molecule has 0 aromatic heterocycles. The van der Waals surface area contributed by atoms with Gasteiger partial charge in [0.15, 0.2) is 0 Å². The highest BCUT2D eigenvalue weighted by atomic mass is 16.4. The lowest BCUT2D eigenvalue weighted by atomic mass is 9.67. The standard InChI is InChI=1S/C21H28O2/c1-15(7-6-8-16(2)13-19(22)23)9-10-18-14-17-11-12-21(18,5)20(17,3)4/h6-10,13-14,17H,11-12H2,1-5H3,(H,22,23)/b8-6+,10-9+,15-7-,16-13+/t17-,21+/m0/s1. The molecule has 1 fully saturated rings. The molecule has 23 heavy (non-hydrogen) atoms.